The molecule has 2 nitrogen and oxygen atoms in total. The van der Waals surface area contributed by atoms with E-state index in [4.69, 9.17) is 11.6 Å². The first-order valence-electron chi connectivity index (χ1n) is 8.40. The van der Waals surface area contributed by atoms with E-state index in [9.17, 15) is 10.2 Å². The zero-order chi connectivity index (χ0) is 17.6. The van der Waals surface area contributed by atoms with Gasteiger partial charge in [-0.25, -0.2) is 0 Å². The van der Waals surface area contributed by atoms with E-state index < -0.39 is 0 Å². The van der Waals surface area contributed by atoms with Crippen molar-refractivity contribution in [1.29, 1.82) is 0 Å². The van der Waals surface area contributed by atoms with Crippen LogP contribution in [0, 0.1) is 6.92 Å². The summed E-state index contributed by atoms with van der Waals surface area (Å²) in [7, 11) is 0. The maximum atomic E-state index is 10.1. The van der Waals surface area contributed by atoms with Crippen LogP contribution in [0.4, 0.5) is 0 Å². The minimum Gasteiger partial charge on any atom is -0.508 e. The molecule has 0 saturated carbocycles. The molecule has 0 spiro atoms. The van der Waals surface area contributed by atoms with Crippen LogP contribution in [-0.4, -0.2) is 10.2 Å². The van der Waals surface area contributed by atoms with Gasteiger partial charge >= 0.3 is 0 Å². The molecule has 1 aliphatic rings. The number of phenolic OH excluding ortho intramolecular Hbond substituents is 2. The van der Waals surface area contributed by atoms with Crippen molar-refractivity contribution in [3.63, 3.8) is 0 Å². The van der Waals surface area contributed by atoms with E-state index in [0.29, 0.717) is 10.8 Å². The van der Waals surface area contributed by atoms with Crippen LogP contribution in [0.3, 0.4) is 0 Å². The average Bonchev–Trinajstić information content (AvgIpc) is 2.98. The Morgan fingerprint density at radius 1 is 0.920 bits per heavy atom. The van der Waals surface area contributed by atoms with E-state index in [0.717, 1.165) is 17.5 Å². The summed E-state index contributed by atoms with van der Waals surface area (Å²) in [6, 6.07) is 19.6. The molecule has 4 rings (SSSR count). The SMILES string of the molecule is Cc1cc(O)cc2c1CC(c1ccc(O)c(Cl)c1)C2c1ccccc1. The van der Waals surface area contributed by atoms with Crippen LogP contribution in [0.15, 0.2) is 60.7 Å². The lowest BCUT2D eigenvalue weighted by Gasteiger charge is -2.22. The van der Waals surface area contributed by atoms with Crippen LogP contribution in [0.25, 0.3) is 0 Å². The van der Waals surface area contributed by atoms with Gasteiger partial charge in [-0.15, -0.1) is 0 Å². The van der Waals surface area contributed by atoms with E-state index >= 15 is 0 Å². The molecule has 3 aromatic rings. The van der Waals surface area contributed by atoms with E-state index in [-0.39, 0.29) is 17.6 Å². The topological polar surface area (TPSA) is 40.5 Å². The van der Waals surface area contributed by atoms with Crippen LogP contribution in [-0.2, 0) is 6.42 Å². The molecule has 3 aromatic carbocycles. The molecule has 1 aliphatic carbocycles. The van der Waals surface area contributed by atoms with Gasteiger partial charge in [0.15, 0.2) is 0 Å². The lowest BCUT2D eigenvalue weighted by molar-refractivity contribution is 0.473. The Morgan fingerprint density at radius 2 is 1.68 bits per heavy atom. The lowest BCUT2D eigenvalue weighted by atomic mass is 9.82. The Bertz CT molecular complexity index is 934. The van der Waals surface area contributed by atoms with Crippen molar-refractivity contribution in [2.45, 2.75) is 25.2 Å². The lowest BCUT2D eigenvalue weighted by Crippen LogP contribution is -2.08. The molecule has 2 atom stereocenters. The number of halogens is 1. The summed E-state index contributed by atoms with van der Waals surface area (Å²) < 4.78 is 0. The molecule has 0 heterocycles. The number of rotatable bonds is 2. The summed E-state index contributed by atoms with van der Waals surface area (Å²) in [5.74, 6) is 0.784. The monoisotopic (exact) mass is 350 g/mol. The maximum Gasteiger partial charge on any atom is 0.134 e. The highest BCUT2D eigenvalue weighted by atomic mass is 35.5. The number of aromatic hydroxyl groups is 2. The summed E-state index contributed by atoms with van der Waals surface area (Å²) in [4.78, 5) is 0. The van der Waals surface area contributed by atoms with Crippen molar-refractivity contribution in [2.24, 2.45) is 0 Å². The number of fused-ring (bicyclic) bond motifs is 1. The molecular formula is C22H19ClO2. The molecule has 0 fully saturated rings. The summed E-state index contributed by atoms with van der Waals surface area (Å²) >= 11 is 6.16. The number of benzene rings is 3. The molecule has 2 unspecified atom stereocenters. The van der Waals surface area contributed by atoms with Gasteiger partial charge < -0.3 is 10.2 Å². The van der Waals surface area contributed by atoms with Gasteiger partial charge in [0, 0.05) is 5.92 Å². The van der Waals surface area contributed by atoms with E-state index in [1.54, 1.807) is 6.07 Å². The first-order chi connectivity index (χ1) is 12.0. The zero-order valence-electron chi connectivity index (χ0n) is 13.9. The molecule has 126 valence electrons. The number of aryl methyl sites for hydroxylation is 1. The number of hydrogen-bond donors (Lipinski definition) is 2. The highest BCUT2D eigenvalue weighted by Crippen LogP contribution is 2.50. The fraction of sp³-hybridized carbons (Fsp3) is 0.182. The fourth-order valence-electron chi connectivity index (χ4n) is 4.07. The second-order valence-electron chi connectivity index (χ2n) is 6.74. The Morgan fingerprint density at radius 3 is 2.40 bits per heavy atom. The average molecular weight is 351 g/mol. The van der Waals surface area contributed by atoms with Gasteiger partial charge in [0.05, 0.1) is 5.02 Å². The Kier molecular flexibility index (Phi) is 3.93. The van der Waals surface area contributed by atoms with Crippen LogP contribution >= 0.6 is 11.6 Å². The van der Waals surface area contributed by atoms with Crippen molar-refractivity contribution >= 4 is 11.6 Å². The van der Waals surface area contributed by atoms with Gasteiger partial charge in [-0.3, -0.25) is 0 Å². The highest BCUT2D eigenvalue weighted by Gasteiger charge is 2.36. The van der Waals surface area contributed by atoms with Crippen molar-refractivity contribution in [2.75, 3.05) is 0 Å². The molecule has 0 bridgehead atoms. The van der Waals surface area contributed by atoms with Gasteiger partial charge in [-0.1, -0.05) is 48.0 Å². The second-order valence-corrected chi connectivity index (χ2v) is 7.15. The molecule has 0 amide bonds. The molecular weight excluding hydrogens is 332 g/mol. The molecule has 0 aliphatic heterocycles. The normalized spacial score (nSPS) is 19.0. The van der Waals surface area contributed by atoms with Crippen LogP contribution in [0.1, 0.15) is 39.7 Å². The number of hydrogen-bond acceptors (Lipinski definition) is 2. The van der Waals surface area contributed by atoms with Gasteiger partial charge in [0.25, 0.3) is 0 Å². The van der Waals surface area contributed by atoms with Crippen molar-refractivity contribution in [3.8, 4) is 11.5 Å². The van der Waals surface area contributed by atoms with Crippen LogP contribution < -0.4 is 0 Å². The standard InChI is InChI=1S/C22H19ClO2/c1-13-9-16(24)11-19-17(13)12-18(15-7-8-21(25)20(23)10-15)22(19)14-5-3-2-4-6-14/h2-11,18,22,24-25H,12H2,1H3. The molecule has 25 heavy (non-hydrogen) atoms. The van der Waals surface area contributed by atoms with E-state index in [1.165, 1.54) is 16.7 Å². The van der Waals surface area contributed by atoms with Gasteiger partial charge in [0.2, 0.25) is 0 Å². The summed E-state index contributed by atoms with van der Waals surface area (Å²) in [6.45, 7) is 2.05. The van der Waals surface area contributed by atoms with Gasteiger partial charge in [-0.05, 0) is 71.3 Å². The van der Waals surface area contributed by atoms with Crippen molar-refractivity contribution in [1.82, 2.24) is 0 Å². The minimum atomic E-state index is 0.103. The Labute approximate surface area is 152 Å². The van der Waals surface area contributed by atoms with Crippen LogP contribution in [0.2, 0.25) is 5.02 Å². The van der Waals surface area contributed by atoms with Crippen molar-refractivity contribution in [3.05, 3.63) is 93.5 Å². The predicted octanol–water partition coefficient (Wildman–Crippen LogP) is 5.53. The third-order valence-electron chi connectivity index (χ3n) is 5.21. The van der Waals surface area contributed by atoms with Gasteiger partial charge in [0.1, 0.15) is 11.5 Å². The molecule has 0 aromatic heterocycles. The third-order valence-corrected chi connectivity index (χ3v) is 5.52. The fourth-order valence-corrected chi connectivity index (χ4v) is 4.26. The van der Waals surface area contributed by atoms with Gasteiger partial charge in [-0.2, -0.15) is 0 Å². The predicted molar refractivity (Wildman–Crippen MR) is 101 cm³/mol. The molecule has 0 saturated heterocycles. The van der Waals surface area contributed by atoms with E-state index in [2.05, 4.69) is 12.1 Å². The Hall–Kier alpha value is -2.45. The smallest absolute Gasteiger partial charge is 0.134 e. The second kappa shape index (κ2) is 6.12. The van der Waals surface area contributed by atoms with Crippen molar-refractivity contribution < 1.29 is 10.2 Å². The summed E-state index contributed by atoms with van der Waals surface area (Å²) in [5, 5.41) is 20.3. The minimum absolute atomic E-state index is 0.103. The molecule has 0 radical (unpaired) electrons. The summed E-state index contributed by atoms with van der Waals surface area (Å²) in [5.41, 5.74) is 5.91. The zero-order valence-corrected chi connectivity index (χ0v) is 14.7. The first kappa shape index (κ1) is 16.0. The largest absolute Gasteiger partial charge is 0.508 e. The molecule has 3 heteroatoms. The maximum absolute atomic E-state index is 10.1. The quantitative estimate of drug-likeness (QED) is 0.637. The third kappa shape index (κ3) is 2.77. The highest BCUT2D eigenvalue weighted by molar-refractivity contribution is 6.32. The number of phenols is 2. The Balaban J connectivity index is 1.89. The molecule has 2 N–H and O–H groups in total. The summed E-state index contributed by atoms with van der Waals surface area (Å²) in [6.07, 6.45) is 0.891. The van der Waals surface area contributed by atoms with E-state index in [1.807, 2.05) is 49.4 Å². The first-order valence-corrected chi connectivity index (χ1v) is 8.78. The van der Waals surface area contributed by atoms with Crippen LogP contribution in [0.5, 0.6) is 11.5 Å².